The molecule has 0 radical (unpaired) electrons. The molecule has 0 saturated heterocycles. The summed E-state index contributed by atoms with van der Waals surface area (Å²) >= 11 is 0. The van der Waals surface area contributed by atoms with Gasteiger partial charge in [0.15, 0.2) is 17.3 Å². The molecule has 4 rings (SSSR count). The summed E-state index contributed by atoms with van der Waals surface area (Å²) in [5, 5.41) is 24.8. The van der Waals surface area contributed by atoms with Gasteiger partial charge in [-0.3, -0.25) is 0 Å². The van der Waals surface area contributed by atoms with Crippen LogP contribution in [0.3, 0.4) is 0 Å². The number of aliphatic hydroxyl groups is 1. The molecule has 0 bridgehead atoms. The van der Waals surface area contributed by atoms with Crippen molar-refractivity contribution in [2.24, 2.45) is 5.41 Å². The molecule has 1 N–H and O–H groups in total. The molecule has 0 aliphatic heterocycles. The molecule has 0 atom stereocenters. The highest BCUT2D eigenvalue weighted by atomic mass is 16.3. The minimum Gasteiger partial charge on any atom is -0.396 e. The van der Waals surface area contributed by atoms with E-state index < -0.39 is 0 Å². The Morgan fingerprint density at radius 1 is 1.23 bits per heavy atom. The largest absolute Gasteiger partial charge is 0.396 e. The monoisotopic (exact) mass is 297 g/mol. The molecule has 1 aliphatic rings. The van der Waals surface area contributed by atoms with Crippen molar-refractivity contribution < 1.29 is 5.11 Å². The molecule has 22 heavy (non-hydrogen) atoms. The van der Waals surface area contributed by atoms with Crippen molar-refractivity contribution in [1.82, 2.24) is 19.8 Å². The van der Waals surface area contributed by atoms with E-state index in [0.717, 1.165) is 47.4 Å². The minimum atomic E-state index is 0.0503. The van der Waals surface area contributed by atoms with Crippen molar-refractivity contribution >= 4 is 22.2 Å². The zero-order valence-corrected chi connectivity index (χ0v) is 12.8. The third kappa shape index (κ3) is 1.94. The molecule has 2 heterocycles. The quantitative estimate of drug-likeness (QED) is 0.795. The lowest BCUT2D eigenvalue weighted by atomic mass is 10.1. The zero-order chi connectivity index (χ0) is 15.3. The Morgan fingerprint density at radius 2 is 1.95 bits per heavy atom. The molecule has 2 aromatic heterocycles. The summed E-state index contributed by atoms with van der Waals surface area (Å²) in [6, 6.07) is 8.14. The summed E-state index contributed by atoms with van der Waals surface area (Å²) in [6.07, 6.45) is 2.17. The van der Waals surface area contributed by atoms with Gasteiger partial charge in [-0.05, 0) is 19.8 Å². The molecule has 114 valence electrons. The predicted molar refractivity (Wildman–Crippen MR) is 85.0 cm³/mol. The van der Waals surface area contributed by atoms with Crippen molar-refractivity contribution in [3.05, 3.63) is 30.1 Å². The second-order valence-electron chi connectivity index (χ2n) is 6.37. The van der Waals surface area contributed by atoms with Gasteiger partial charge >= 0.3 is 0 Å². The lowest BCUT2D eigenvalue weighted by Crippen LogP contribution is -2.30. The summed E-state index contributed by atoms with van der Waals surface area (Å²) in [5.41, 5.74) is 0.836. The van der Waals surface area contributed by atoms with E-state index in [-0.39, 0.29) is 12.0 Å². The lowest BCUT2D eigenvalue weighted by molar-refractivity contribution is 0.215. The van der Waals surface area contributed by atoms with Crippen LogP contribution in [0, 0.1) is 12.3 Å². The number of benzene rings is 1. The van der Waals surface area contributed by atoms with E-state index in [2.05, 4.69) is 27.2 Å². The van der Waals surface area contributed by atoms with Gasteiger partial charge in [-0.2, -0.15) is 4.52 Å². The van der Waals surface area contributed by atoms with Crippen LogP contribution in [-0.4, -0.2) is 45.1 Å². The van der Waals surface area contributed by atoms with E-state index in [0.29, 0.717) is 0 Å². The first-order valence-electron chi connectivity index (χ1n) is 7.56. The van der Waals surface area contributed by atoms with Gasteiger partial charge in [0.2, 0.25) is 0 Å². The summed E-state index contributed by atoms with van der Waals surface area (Å²) in [6.45, 7) is 2.96. The third-order valence-electron chi connectivity index (χ3n) is 4.63. The number of aromatic nitrogens is 4. The highest BCUT2D eigenvalue weighted by Gasteiger charge is 2.43. The van der Waals surface area contributed by atoms with Crippen LogP contribution >= 0.6 is 0 Å². The molecule has 0 spiro atoms. The predicted octanol–water partition coefficient (Wildman–Crippen LogP) is 1.79. The number of nitrogens with zero attached hydrogens (tertiary/aromatic N) is 5. The second kappa shape index (κ2) is 4.64. The Morgan fingerprint density at radius 3 is 2.64 bits per heavy atom. The molecule has 1 saturated carbocycles. The fourth-order valence-electron chi connectivity index (χ4n) is 3.07. The van der Waals surface area contributed by atoms with Crippen molar-refractivity contribution in [1.29, 1.82) is 0 Å². The van der Waals surface area contributed by atoms with Crippen LogP contribution < -0.4 is 4.90 Å². The molecule has 6 nitrogen and oxygen atoms in total. The van der Waals surface area contributed by atoms with Gasteiger partial charge in [0.05, 0.1) is 6.61 Å². The van der Waals surface area contributed by atoms with Crippen LogP contribution in [0.2, 0.25) is 0 Å². The summed E-state index contributed by atoms with van der Waals surface area (Å²) < 4.78 is 1.80. The zero-order valence-electron chi connectivity index (χ0n) is 12.8. The van der Waals surface area contributed by atoms with Gasteiger partial charge in [-0.25, -0.2) is 0 Å². The number of fused-ring (bicyclic) bond motifs is 3. The Hall–Kier alpha value is -2.21. The van der Waals surface area contributed by atoms with Gasteiger partial charge in [-0.1, -0.05) is 24.3 Å². The normalized spacial score (nSPS) is 16.3. The Labute approximate surface area is 128 Å². The first kappa shape index (κ1) is 13.5. The van der Waals surface area contributed by atoms with Crippen LogP contribution in [0.15, 0.2) is 24.3 Å². The summed E-state index contributed by atoms with van der Waals surface area (Å²) in [5.74, 6) is 1.68. The van der Waals surface area contributed by atoms with E-state index in [1.165, 1.54) is 0 Å². The van der Waals surface area contributed by atoms with Crippen molar-refractivity contribution in [3.8, 4) is 0 Å². The summed E-state index contributed by atoms with van der Waals surface area (Å²) in [4.78, 5) is 2.14. The first-order valence-corrected chi connectivity index (χ1v) is 7.56. The molecule has 6 heteroatoms. The molecular formula is C16H19N5O. The molecule has 0 unspecified atom stereocenters. The van der Waals surface area contributed by atoms with Gasteiger partial charge in [-0.15, -0.1) is 15.3 Å². The smallest absolute Gasteiger partial charge is 0.185 e. The average molecular weight is 297 g/mol. The van der Waals surface area contributed by atoms with E-state index in [4.69, 9.17) is 5.10 Å². The number of aliphatic hydroxyl groups excluding tert-OH is 1. The lowest BCUT2D eigenvalue weighted by Gasteiger charge is -2.24. The van der Waals surface area contributed by atoms with Gasteiger partial charge < -0.3 is 10.0 Å². The second-order valence-corrected chi connectivity index (χ2v) is 6.37. The van der Waals surface area contributed by atoms with Gasteiger partial charge in [0, 0.05) is 29.8 Å². The van der Waals surface area contributed by atoms with E-state index in [9.17, 15) is 5.11 Å². The van der Waals surface area contributed by atoms with Crippen LogP contribution in [0.5, 0.6) is 0 Å². The number of hydrogen-bond acceptors (Lipinski definition) is 5. The van der Waals surface area contributed by atoms with Crippen LogP contribution in [-0.2, 0) is 0 Å². The van der Waals surface area contributed by atoms with E-state index in [1.54, 1.807) is 4.52 Å². The molecule has 1 aromatic carbocycles. The van der Waals surface area contributed by atoms with Crippen LogP contribution in [0.1, 0.15) is 18.7 Å². The highest BCUT2D eigenvalue weighted by Crippen LogP contribution is 2.46. The van der Waals surface area contributed by atoms with Crippen LogP contribution in [0.25, 0.3) is 16.4 Å². The maximum Gasteiger partial charge on any atom is 0.185 e. The number of hydrogen-bond donors (Lipinski definition) is 1. The SMILES string of the molecule is Cc1nnc2c3ccccc3c(N(C)CC3(CO)CC3)nn12. The molecule has 1 fully saturated rings. The Balaban J connectivity index is 1.89. The van der Waals surface area contributed by atoms with Crippen molar-refractivity contribution in [3.63, 3.8) is 0 Å². The van der Waals surface area contributed by atoms with Crippen molar-refractivity contribution in [2.75, 3.05) is 25.1 Å². The van der Waals surface area contributed by atoms with Crippen molar-refractivity contribution in [2.45, 2.75) is 19.8 Å². The van der Waals surface area contributed by atoms with Gasteiger partial charge in [0.25, 0.3) is 0 Å². The first-order chi connectivity index (χ1) is 10.6. The third-order valence-corrected chi connectivity index (χ3v) is 4.63. The fraction of sp³-hybridized carbons (Fsp3) is 0.438. The Kier molecular flexibility index (Phi) is 2.84. The van der Waals surface area contributed by atoms with Crippen LogP contribution in [0.4, 0.5) is 5.82 Å². The molecular weight excluding hydrogens is 278 g/mol. The fourth-order valence-corrected chi connectivity index (χ4v) is 3.07. The van der Waals surface area contributed by atoms with E-state index >= 15 is 0 Å². The average Bonchev–Trinajstić information content (AvgIpc) is 3.22. The molecule has 1 aliphatic carbocycles. The topological polar surface area (TPSA) is 66.5 Å². The maximum absolute atomic E-state index is 9.58. The number of rotatable bonds is 4. The number of aryl methyl sites for hydroxylation is 1. The van der Waals surface area contributed by atoms with E-state index in [1.807, 2.05) is 26.1 Å². The maximum atomic E-state index is 9.58. The molecule has 0 amide bonds. The van der Waals surface area contributed by atoms with Gasteiger partial charge in [0.1, 0.15) is 0 Å². The minimum absolute atomic E-state index is 0.0503. The Bertz CT molecular complexity index is 852. The number of anilines is 1. The highest BCUT2D eigenvalue weighted by molar-refractivity contribution is 6.00. The standard InChI is InChI=1S/C16H19N5O/c1-11-17-18-14-12-5-3-4-6-13(12)15(19-21(11)14)20(2)9-16(10-22)7-8-16/h3-6,22H,7-10H2,1-2H3. The molecule has 3 aromatic rings. The summed E-state index contributed by atoms with van der Waals surface area (Å²) in [7, 11) is 2.04.